The molecule has 0 spiro atoms. The Bertz CT molecular complexity index is 1200. The van der Waals surface area contributed by atoms with Crippen LogP contribution in [0.4, 0.5) is 21.7 Å². The van der Waals surface area contributed by atoms with Crippen molar-refractivity contribution in [1.29, 1.82) is 0 Å². The maximum absolute atomic E-state index is 14.3. The van der Waals surface area contributed by atoms with Crippen molar-refractivity contribution in [2.75, 3.05) is 30.8 Å². The van der Waals surface area contributed by atoms with E-state index in [1.165, 1.54) is 0 Å². The zero-order valence-corrected chi connectivity index (χ0v) is 18.0. The maximum atomic E-state index is 14.3. The average Bonchev–Trinajstić information content (AvgIpc) is 2.82. The summed E-state index contributed by atoms with van der Waals surface area (Å²) in [5.41, 5.74) is 4.90. The molecule has 32 heavy (non-hydrogen) atoms. The topological polar surface area (TPSA) is 53.1 Å². The van der Waals surface area contributed by atoms with Crippen LogP contribution in [0.1, 0.15) is 6.42 Å². The van der Waals surface area contributed by atoms with Gasteiger partial charge < -0.3 is 15.5 Å². The van der Waals surface area contributed by atoms with Crippen LogP contribution in [0.5, 0.6) is 0 Å². The summed E-state index contributed by atoms with van der Waals surface area (Å²) in [4.78, 5) is 11.3. The third-order valence-electron chi connectivity index (χ3n) is 5.93. The fourth-order valence-corrected chi connectivity index (χ4v) is 4.18. The van der Waals surface area contributed by atoms with Crippen LogP contribution in [0.2, 0.25) is 0 Å². The predicted molar refractivity (Wildman–Crippen MR) is 129 cm³/mol. The van der Waals surface area contributed by atoms with E-state index in [0.717, 1.165) is 46.4 Å². The second kappa shape index (κ2) is 8.93. The normalized spacial score (nSPS) is 19.1. The molecule has 0 saturated carbocycles. The lowest BCUT2D eigenvalue weighted by Crippen LogP contribution is -2.46. The number of likely N-dealkylation sites (tertiary alicyclic amines) is 1. The van der Waals surface area contributed by atoms with Crippen LogP contribution in [0.15, 0.2) is 79.0 Å². The summed E-state index contributed by atoms with van der Waals surface area (Å²) in [5.74, 6) is 0.542. The number of anilines is 3. The van der Waals surface area contributed by atoms with Crippen LogP contribution in [-0.2, 0) is 0 Å². The van der Waals surface area contributed by atoms with E-state index in [4.69, 9.17) is 4.98 Å². The molecule has 2 N–H and O–H groups in total. The van der Waals surface area contributed by atoms with E-state index in [9.17, 15) is 4.39 Å². The quantitative estimate of drug-likeness (QED) is 0.441. The fourth-order valence-electron chi connectivity index (χ4n) is 4.18. The Kier molecular flexibility index (Phi) is 5.69. The monoisotopic (exact) mass is 427 g/mol. The summed E-state index contributed by atoms with van der Waals surface area (Å²) in [5, 5.41) is 7.62. The minimum Gasteiger partial charge on any atom is -0.379 e. The van der Waals surface area contributed by atoms with Crippen LogP contribution in [0.3, 0.4) is 0 Å². The molecule has 0 radical (unpaired) electrons. The molecule has 1 fully saturated rings. The maximum Gasteiger partial charge on any atom is 0.227 e. The van der Waals surface area contributed by atoms with Crippen LogP contribution in [-0.4, -0.2) is 47.2 Å². The summed E-state index contributed by atoms with van der Waals surface area (Å²) < 4.78 is 14.3. The number of alkyl halides is 1. The van der Waals surface area contributed by atoms with Crippen molar-refractivity contribution in [2.45, 2.75) is 18.6 Å². The number of nitrogens with zero attached hydrogens (tertiary/aromatic N) is 3. The van der Waals surface area contributed by atoms with Crippen molar-refractivity contribution in [3.63, 3.8) is 0 Å². The molecule has 0 bridgehead atoms. The van der Waals surface area contributed by atoms with Gasteiger partial charge in [0.15, 0.2) is 0 Å². The van der Waals surface area contributed by atoms with Crippen LogP contribution in [0.25, 0.3) is 22.0 Å². The van der Waals surface area contributed by atoms with E-state index < -0.39 is 6.17 Å². The second-order valence-corrected chi connectivity index (χ2v) is 8.32. The first kappa shape index (κ1) is 20.4. The molecule has 0 aliphatic carbocycles. The number of hydrogen-bond acceptors (Lipinski definition) is 5. The average molecular weight is 428 g/mol. The molecule has 1 saturated heterocycles. The van der Waals surface area contributed by atoms with Gasteiger partial charge in [-0.05, 0) is 43.3 Å². The van der Waals surface area contributed by atoms with Gasteiger partial charge in [0.25, 0.3) is 0 Å². The lowest BCUT2D eigenvalue weighted by molar-refractivity contribution is 0.149. The van der Waals surface area contributed by atoms with Crippen molar-refractivity contribution in [2.24, 2.45) is 0 Å². The van der Waals surface area contributed by atoms with E-state index in [2.05, 4.69) is 33.8 Å². The number of benzene rings is 3. The van der Waals surface area contributed by atoms with Gasteiger partial charge in [-0.15, -0.1) is 0 Å². The molecular formula is C26H26FN5. The lowest BCUT2D eigenvalue weighted by atomic mass is 10.0. The molecular weight excluding hydrogens is 401 g/mol. The number of nitrogens with one attached hydrogen (secondary N) is 2. The van der Waals surface area contributed by atoms with Gasteiger partial charge in [0.2, 0.25) is 5.95 Å². The third-order valence-corrected chi connectivity index (χ3v) is 5.93. The summed E-state index contributed by atoms with van der Waals surface area (Å²) >= 11 is 0. The van der Waals surface area contributed by atoms with Gasteiger partial charge in [0, 0.05) is 41.6 Å². The first-order chi connectivity index (χ1) is 15.7. The number of piperidine rings is 1. The Morgan fingerprint density at radius 1 is 0.938 bits per heavy atom. The van der Waals surface area contributed by atoms with Crippen LogP contribution >= 0.6 is 0 Å². The highest BCUT2D eigenvalue weighted by molar-refractivity contribution is 5.93. The first-order valence-electron chi connectivity index (χ1n) is 10.9. The lowest BCUT2D eigenvalue weighted by Gasteiger charge is -2.33. The number of hydrogen-bond donors (Lipinski definition) is 2. The summed E-state index contributed by atoms with van der Waals surface area (Å²) in [7, 11) is 1.96. The van der Waals surface area contributed by atoms with Crippen LogP contribution in [0, 0.1) is 0 Å². The standard InChI is InChI=1S/C26H26FN5/c1-32-15-14-24(23(27)17-32)29-20-10-12-21(13-11-20)30-26-28-16-19-8-5-9-22(25(19)31-26)18-6-3-2-4-7-18/h2-13,16,23-24,29H,14-15,17H2,1H3,(H,28,30,31)/t23-,24-/m0/s1. The zero-order valence-electron chi connectivity index (χ0n) is 18.0. The predicted octanol–water partition coefficient (Wildman–Crippen LogP) is 5.49. The molecule has 3 aromatic carbocycles. The molecule has 5 nitrogen and oxygen atoms in total. The molecule has 2 heterocycles. The highest BCUT2D eigenvalue weighted by Gasteiger charge is 2.27. The van der Waals surface area contributed by atoms with Crippen molar-refractivity contribution in [3.05, 3.63) is 79.0 Å². The highest BCUT2D eigenvalue weighted by Crippen LogP contribution is 2.28. The van der Waals surface area contributed by atoms with Crippen molar-refractivity contribution < 1.29 is 4.39 Å². The van der Waals surface area contributed by atoms with E-state index in [0.29, 0.717) is 12.5 Å². The molecule has 1 aromatic heterocycles. The minimum absolute atomic E-state index is 0.148. The van der Waals surface area contributed by atoms with Gasteiger partial charge in [0.1, 0.15) is 6.17 Å². The number of fused-ring (bicyclic) bond motifs is 1. The fraction of sp³-hybridized carbons (Fsp3) is 0.231. The number of rotatable bonds is 5. The molecule has 4 aromatic rings. The molecule has 5 rings (SSSR count). The van der Waals surface area contributed by atoms with E-state index in [-0.39, 0.29) is 6.04 Å². The largest absolute Gasteiger partial charge is 0.379 e. The van der Waals surface area contributed by atoms with Gasteiger partial charge in [-0.3, -0.25) is 0 Å². The highest BCUT2D eigenvalue weighted by atomic mass is 19.1. The SMILES string of the molecule is CN1CC[C@H](Nc2ccc(Nc3ncc4cccc(-c5ccccc5)c4n3)cc2)[C@@H](F)C1. The molecule has 0 amide bonds. The molecule has 1 aliphatic heterocycles. The Hall–Kier alpha value is -3.51. The number of aromatic nitrogens is 2. The Morgan fingerprint density at radius 2 is 1.72 bits per heavy atom. The van der Waals surface area contributed by atoms with Crippen LogP contribution < -0.4 is 10.6 Å². The minimum atomic E-state index is -0.864. The van der Waals surface area contributed by atoms with Gasteiger partial charge in [0.05, 0.1) is 11.6 Å². The smallest absolute Gasteiger partial charge is 0.227 e. The van der Waals surface area contributed by atoms with E-state index in [1.54, 1.807) is 0 Å². The van der Waals surface area contributed by atoms with E-state index >= 15 is 0 Å². The first-order valence-corrected chi connectivity index (χ1v) is 10.9. The molecule has 0 unspecified atom stereocenters. The van der Waals surface area contributed by atoms with Crippen molar-refractivity contribution >= 4 is 28.2 Å². The number of para-hydroxylation sites is 1. The van der Waals surface area contributed by atoms with Gasteiger partial charge in [-0.1, -0.05) is 48.5 Å². The molecule has 2 atom stereocenters. The summed E-state index contributed by atoms with van der Waals surface area (Å²) in [6, 6.07) is 24.1. The Balaban J connectivity index is 1.33. The van der Waals surface area contributed by atoms with Crippen molar-refractivity contribution in [3.8, 4) is 11.1 Å². The number of halogens is 1. The van der Waals surface area contributed by atoms with Gasteiger partial charge in [-0.25, -0.2) is 14.4 Å². The molecule has 162 valence electrons. The summed E-state index contributed by atoms with van der Waals surface area (Å²) in [6.45, 7) is 1.38. The van der Waals surface area contributed by atoms with E-state index in [1.807, 2.05) is 72.7 Å². The Labute approximate surface area is 187 Å². The second-order valence-electron chi connectivity index (χ2n) is 8.32. The molecule has 1 aliphatic rings. The third kappa shape index (κ3) is 4.41. The van der Waals surface area contributed by atoms with Crippen molar-refractivity contribution in [1.82, 2.24) is 14.9 Å². The zero-order chi connectivity index (χ0) is 21.9. The molecule has 6 heteroatoms. The van der Waals surface area contributed by atoms with Gasteiger partial charge >= 0.3 is 0 Å². The Morgan fingerprint density at radius 3 is 2.50 bits per heavy atom. The summed E-state index contributed by atoms with van der Waals surface area (Å²) in [6.07, 6.45) is 1.78. The van der Waals surface area contributed by atoms with Gasteiger partial charge in [-0.2, -0.15) is 0 Å².